The molecule has 6 heteroatoms. The second kappa shape index (κ2) is 7.64. The predicted octanol–water partition coefficient (Wildman–Crippen LogP) is -0.648. The number of nitrogens with zero attached hydrogens (tertiary/aromatic N) is 2. The first-order valence-corrected chi connectivity index (χ1v) is 7.66. The summed E-state index contributed by atoms with van der Waals surface area (Å²) >= 11 is 0. The van der Waals surface area contributed by atoms with Gasteiger partial charge in [0.05, 0.1) is 11.0 Å². The molecular formula is C18H20ClFN3O-. The van der Waals surface area contributed by atoms with E-state index in [1.807, 2.05) is 30.3 Å². The van der Waals surface area contributed by atoms with E-state index in [1.165, 1.54) is 12.1 Å². The largest absolute Gasteiger partial charge is 1.00 e. The number of benzene rings is 2. The molecule has 0 radical (unpaired) electrons. The quantitative estimate of drug-likeness (QED) is 0.623. The van der Waals surface area contributed by atoms with Gasteiger partial charge in [-0.3, -0.25) is 9.13 Å². The van der Waals surface area contributed by atoms with Crippen molar-refractivity contribution < 1.29 is 16.8 Å². The van der Waals surface area contributed by atoms with Crippen LogP contribution in [-0.4, -0.2) is 15.7 Å². The highest BCUT2D eigenvalue weighted by atomic mass is 35.5. The molecule has 24 heavy (non-hydrogen) atoms. The summed E-state index contributed by atoms with van der Waals surface area (Å²) in [5, 5.41) is 3.38. The van der Waals surface area contributed by atoms with Gasteiger partial charge in [-0.2, -0.15) is 0 Å². The van der Waals surface area contributed by atoms with Crippen molar-refractivity contribution in [2.24, 2.45) is 14.1 Å². The molecule has 0 saturated heterocycles. The molecular weight excluding hydrogens is 329 g/mol. The van der Waals surface area contributed by atoms with Gasteiger partial charge in [-0.1, -0.05) is 18.2 Å². The van der Waals surface area contributed by atoms with E-state index < -0.39 is 0 Å². The summed E-state index contributed by atoms with van der Waals surface area (Å²) in [6.07, 6.45) is 0.854. The van der Waals surface area contributed by atoms with Gasteiger partial charge < -0.3 is 17.7 Å². The highest BCUT2D eigenvalue weighted by Crippen LogP contribution is 2.14. The Kier molecular flexibility index (Phi) is 5.80. The molecule has 3 rings (SSSR count). The number of aryl methyl sites for hydroxylation is 2. The van der Waals surface area contributed by atoms with Crippen molar-refractivity contribution in [2.75, 3.05) is 6.54 Å². The first-order chi connectivity index (χ1) is 11.1. The SMILES string of the molecule is Cn1c(=O)n(C)c2cc(CNCCc3ccc(F)cc3)ccc21.[Cl-]. The van der Waals surface area contributed by atoms with E-state index in [0.717, 1.165) is 41.7 Å². The Morgan fingerprint density at radius 3 is 2.29 bits per heavy atom. The smallest absolute Gasteiger partial charge is 0.328 e. The fourth-order valence-electron chi connectivity index (χ4n) is 2.78. The Morgan fingerprint density at radius 2 is 1.58 bits per heavy atom. The number of rotatable bonds is 5. The molecule has 4 nitrogen and oxygen atoms in total. The van der Waals surface area contributed by atoms with Gasteiger partial charge in [-0.25, -0.2) is 9.18 Å². The zero-order valence-electron chi connectivity index (χ0n) is 13.7. The number of nitrogens with one attached hydrogen (secondary N) is 1. The molecule has 0 aliphatic carbocycles. The van der Waals surface area contributed by atoms with E-state index in [4.69, 9.17) is 0 Å². The van der Waals surface area contributed by atoms with E-state index >= 15 is 0 Å². The van der Waals surface area contributed by atoms with Crippen molar-refractivity contribution in [3.63, 3.8) is 0 Å². The van der Waals surface area contributed by atoms with Crippen LogP contribution in [0.15, 0.2) is 47.3 Å². The molecule has 1 aromatic heterocycles. The van der Waals surface area contributed by atoms with Crippen molar-refractivity contribution in [3.05, 3.63) is 69.9 Å². The first-order valence-electron chi connectivity index (χ1n) is 7.66. The number of hydrogen-bond acceptors (Lipinski definition) is 2. The molecule has 0 atom stereocenters. The van der Waals surface area contributed by atoms with E-state index in [9.17, 15) is 9.18 Å². The lowest BCUT2D eigenvalue weighted by atomic mass is 10.1. The van der Waals surface area contributed by atoms with Crippen LogP contribution in [0.4, 0.5) is 4.39 Å². The second-order valence-corrected chi connectivity index (χ2v) is 5.78. The first kappa shape index (κ1) is 18.2. The third-order valence-corrected chi connectivity index (χ3v) is 4.17. The minimum absolute atomic E-state index is 0. The van der Waals surface area contributed by atoms with E-state index in [-0.39, 0.29) is 23.9 Å². The predicted molar refractivity (Wildman–Crippen MR) is 90.0 cm³/mol. The van der Waals surface area contributed by atoms with Crippen molar-refractivity contribution in [3.8, 4) is 0 Å². The van der Waals surface area contributed by atoms with Crippen LogP contribution < -0.4 is 23.4 Å². The molecule has 0 bridgehead atoms. The van der Waals surface area contributed by atoms with Crippen LogP contribution >= 0.6 is 0 Å². The third-order valence-electron chi connectivity index (χ3n) is 4.17. The minimum Gasteiger partial charge on any atom is -1.00 e. The topological polar surface area (TPSA) is 39.0 Å². The second-order valence-electron chi connectivity index (χ2n) is 5.78. The number of fused-ring (bicyclic) bond motifs is 1. The van der Waals surface area contributed by atoms with Gasteiger partial charge in [0.15, 0.2) is 0 Å². The Morgan fingerprint density at radius 1 is 0.958 bits per heavy atom. The lowest BCUT2D eigenvalue weighted by molar-refractivity contribution is -0.00000546. The van der Waals surface area contributed by atoms with Crippen molar-refractivity contribution in [1.82, 2.24) is 14.5 Å². The maximum absolute atomic E-state index is 12.8. The molecule has 1 heterocycles. The summed E-state index contributed by atoms with van der Waals surface area (Å²) in [6.45, 7) is 1.55. The van der Waals surface area contributed by atoms with Crippen LogP contribution in [0.1, 0.15) is 11.1 Å². The highest BCUT2D eigenvalue weighted by molar-refractivity contribution is 5.76. The summed E-state index contributed by atoms with van der Waals surface area (Å²) < 4.78 is 16.2. The summed E-state index contributed by atoms with van der Waals surface area (Å²) in [6, 6.07) is 12.6. The van der Waals surface area contributed by atoms with Crippen LogP contribution in [0.2, 0.25) is 0 Å². The molecule has 0 fully saturated rings. The van der Waals surface area contributed by atoms with Gasteiger partial charge in [0.25, 0.3) is 0 Å². The number of aromatic nitrogens is 2. The standard InChI is InChI=1S/C18H20FN3O.ClH/c1-21-16-8-5-14(11-17(16)22(2)18(21)23)12-20-10-9-13-3-6-15(19)7-4-13;/h3-8,11,20H,9-10,12H2,1-2H3;1H/p-1. The van der Waals surface area contributed by atoms with Crippen LogP contribution in [0.25, 0.3) is 11.0 Å². The molecule has 3 aromatic rings. The van der Waals surface area contributed by atoms with Gasteiger partial charge in [-0.15, -0.1) is 0 Å². The van der Waals surface area contributed by atoms with Gasteiger partial charge >= 0.3 is 5.69 Å². The van der Waals surface area contributed by atoms with Crippen molar-refractivity contribution in [1.29, 1.82) is 0 Å². The van der Waals surface area contributed by atoms with E-state index in [1.54, 1.807) is 23.2 Å². The maximum Gasteiger partial charge on any atom is 0.328 e. The number of halogens is 2. The molecule has 0 aliphatic heterocycles. The molecule has 0 amide bonds. The summed E-state index contributed by atoms with van der Waals surface area (Å²) in [4.78, 5) is 11.9. The number of imidazole rings is 1. The van der Waals surface area contributed by atoms with Gasteiger partial charge in [0.2, 0.25) is 0 Å². The van der Waals surface area contributed by atoms with Gasteiger partial charge in [0, 0.05) is 20.6 Å². The fourth-order valence-corrected chi connectivity index (χ4v) is 2.78. The Balaban J connectivity index is 0.00000208. The zero-order chi connectivity index (χ0) is 16.4. The Bertz CT molecular complexity index is 884. The lowest BCUT2D eigenvalue weighted by Gasteiger charge is -2.06. The van der Waals surface area contributed by atoms with Crippen molar-refractivity contribution >= 4 is 11.0 Å². The van der Waals surface area contributed by atoms with Crippen molar-refractivity contribution in [2.45, 2.75) is 13.0 Å². The molecule has 0 unspecified atom stereocenters. The summed E-state index contributed by atoms with van der Waals surface area (Å²) in [7, 11) is 3.57. The average Bonchev–Trinajstić information content (AvgIpc) is 2.78. The molecule has 1 N–H and O–H groups in total. The Labute approximate surface area is 146 Å². The van der Waals surface area contributed by atoms with E-state index in [2.05, 4.69) is 5.32 Å². The fraction of sp³-hybridized carbons (Fsp3) is 0.278. The van der Waals surface area contributed by atoms with Gasteiger partial charge in [0.1, 0.15) is 5.82 Å². The van der Waals surface area contributed by atoms with E-state index in [0.29, 0.717) is 0 Å². The normalized spacial score (nSPS) is 10.8. The Hall–Kier alpha value is -2.11. The monoisotopic (exact) mass is 348 g/mol. The highest BCUT2D eigenvalue weighted by Gasteiger charge is 2.07. The minimum atomic E-state index is -0.205. The van der Waals surface area contributed by atoms with Gasteiger partial charge in [-0.05, 0) is 48.4 Å². The average molecular weight is 349 g/mol. The van der Waals surface area contributed by atoms with Crippen LogP contribution in [0, 0.1) is 5.82 Å². The van der Waals surface area contributed by atoms with Crippen LogP contribution in [0.5, 0.6) is 0 Å². The zero-order valence-corrected chi connectivity index (χ0v) is 14.5. The molecule has 0 aliphatic rings. The third kappa shape index (κ3) is 3.68. The lowest BCUT2D eigenvalue weighted by Crippen LogP contribution is -3.00. The van der Waals surface area contributed by atoms with Crippen LogP contribution in [-0.2, 0) is 27.1 Å². The molecule has 0 spiro atoms. The summed E-state index contributed by atoms with van der Waals surface area (Å²) in [5.41, 5.74) is 4.11. The molecule has 0 saturated carbocycles. The number of hydrogen-bond donors (Lipinski definition) is 1. The molecule has 2 aromatic carbocycles. The van der Waals surface area contributed by atoms with Crippen LogP contribution in [0.3, 0.4) is 0 Å². The maximum atomic E-state index is 12.8. The molecule has 128 valence electrons. The summed E-state index contributed by atoms with van der Waals surface area (Å²) in [5.74, 6) is -0.205.